The molecule has 110 valence electrons. The number of rotatable bonds is 4. The van der Waals surface area contributed by atoms with Gasteiger partial charge in [0.25, 0.3) is 0 Å². The molecule has 0 saturated carbocycles. The second kappa shape index (κ2) is 6.06. The molecule has 2 N–H and O–H groups in total. The van der Waals surface area contributed by atoms with Gasteiger partial charge in [-0.1, -0.05) is 17.7 Å². The van der Waals surface area contributed by atoms with E-state index in [1.54, 1.807) is 37.4 Å². The predicted octanol–water partition coefficient (Wildman–Crippen LogP) is 3.48. The molecule has 2 aromatic carbocycles. The van der Waals surface area contributed by atoms with E-state index in [1.165, 1.54) is 7.11 Å². The Kier molecular flexibility index (Phi) is 4.38. The number of ketones is 1. The van der Waals surface area contributed by atoms with Gasteiger partial charge in [-0.3, -0.25) is 4.79 Å². The third-order valence-corrected chi connectivity index (χ3v) is 3.67. The highest BCUT2D eigenvalue weighted by atomic mass is 35.5. The van der Waals surface area contributed by atoms with E-state index >= 15 is 0 Å². The molecule has 0 amide bonds. The lowest BCUT2D eigenvalue weighted by atomic mass is 9.98. The Morgan fingerprint density at radius 3 is 2.33 bits per heavy atom. The van der Waals surface area contributed by atoms with Crippen molar-refractivity contribution < 1.29 is 14.3 Å². The minimum atomic E-state index is -0.203. The van der Waals surface area contributed by atoms with Crippen molar-refractivity contribution in [1.29, 1.82) is 0 Å². The number of carbonyl (C=O) groups excluding carboxylic acids is 1. The van der Waals surface area contributed by atoms with E-state index in [9.17, 15) is 4.79 Å². The molecule has 0 spiro atoms. The van der Waals surface area contributed by atoms with Crippen molar-refractivity contribution in [2.24, 2.45) is 0 Å². The van der Waals surface area contributed by atoms with Crippen LogP contribution in [0.5, 0.6) is 11.5 Å². The number of ether oxygens (including phenoxy) is 2. The molecule has 0 aromatic heterocycles. The molecule has 0 heterocycles. The van der Waals surface area contributed by atoms with Gasteiger partial charge in [-0.2, -0.15) is 0 Å². The van der Waals surface area contributed by atoms with Crippen LogP contribution in [-0.2, 0) is 0 Å². The minimum absolute atomic E-state index is 0.203. The molecule has 0 radical (unpaired) electrons. The molecule has 5 heteroatoms. The summed E-state index contributed by atoms with van der Waals surface area (Å²) in [6.45, 7) is 1.83. The summed E-state index contributed by atoms with van der Waals surface area (Å²) in [5, 5.41) is 0.261. The molecule has 0 unspecified atom stereocenters. The zero-order valence-electron chi connectivity index (χ0n) is 12.1. The number of halogens is 1. The fraction of sp³-hybridized carbons (Fsp3) is 0.188. The fourth-order valence-electron chi connectivity index (χ4n) is 2.10. The Morgan fingerprint density at radius 1 is 1.10 bits per heavy atom. The highest BCUT2D eigenvalue weighted by molar-refractivity contribution is 6.37. The Labute approximate surface area is 128 Å². The highest BCUT2D eigenvalue weighted by Crippen LogP contribution is 2.33. The number of hydrogen-bond acceptors (Lipinski definition) is 4. The van der Waals surface area contributed by atoms with Crippen molar-refractivity contribution >= 4 is 23.1 Å². The second-order valence-electron chi connectivity index (χ2n) is 4.56. The highest BCUT2D eigenvalue weighted by Gasteiger charge is 2.19. The molecule has 21 heavy (non-hydrogen) atoms. The first-order valence-electron chi connectivity index (χ1n) is 6.31. The molecular weight excluding hydrogens is 290 g/mol. The summed E-state index contributed by atoms with van der Waals surface area (Å²) in [6.07, 6.45) is 0. The first kappa shape index (κ1) is 15.2. The van der Waals surface area contributed by atoms with E-state index in [1.807, 2.05) is 6.92 Å². The van der Waals surface area contributed by atoms with E-state index in [0.717, 1.165) is 5.56 Å². The minimum Gasteiger partial charge on any atom is -0.493 e. The molecule has 4 nitrogen and oxygen atoms in total. The van der Waals surface area contributed by atoms with Gasteiger partial charge in [-0.25, -0.2) is 0 Å². The third-order valence-electron chi connectivity index (χ3n) is 3.25. The predicted molar refractivity (Wildman–Crippen MR) is 83.6 cm³/mol. The van der Waals surface area contributed by atoms with Crippen molar-refractivity contribution in [3.63, 3.8) is 0 Å². The Morgan fingerprint density at radius 2 is 1.71 bits per heavy atom. The first-order chi connectivity index (χ1) is 9.99. The number of hydrogen-bond donors (Lipinski definition) is 1. The maximum atomic E-state index is 12.7. The van der Waals surface area contributed by atoms with Crippen LogP contribution in [0.4, 0.5) is 5.69 Å². The molecule has 0 aliphatic rings. The smallest absolute Gasteiger partial charge is 0.195 e. The topological polar surface area (TPSA) is 61.5 Å². The lowest BCUT2D eigenvalue weighted by Crippen LogP contribution is -2.07. The Bertz CT molecular complexity index is 698. The van der Waals surface area contributed by atoms with Crippen LogP contribution >= 0.6 is 11.6 Å². The van der Waals surface area contributed by atoms with Crippen LogP contribution in [0.3, 0.4) is 0 Å². The number of aryl methyl sites for hydroxylation is 1. The van der Waals surface area contributed by atoms with Crippen molar-refractivity contribution in [3.05, 3.63) is 52.0 Å². The summed E-state index contributed by atoms with van der Waals surface area (Å²) >= 11 is 6.12. The van der Waals surface area contributed by atoms with Crippen LogP contribution < -0.4 is 15.2 Å². The van der Waals surface area contributed by atoms with E-state index in [0.29, 0.717) is 28.3 Å². The van der Waals surface area contributed by atoms with Crippen LogP contribution in [0, 0.1) is 6.92 Å². The van der Waals surface area contributed by atoms with Crippen LogP contribution in [0.2, 0.25) is 5.02 Å². The maximum absolute atomic E-state index is 12.7. The van der Waals surface area contributed by atoms with Gasteiger partial charge in [0.05, 0.1) is 24.9 Å². The summed E-state index contributed by atoms with van der Waals surface area (Å²) in [7, 11) is 3.07. The summed E-state index contributed by atoms with van der Waals surface area (Å²) in [6, 6.07) is 8.41. The normalized spacial score (nSPS) is 10.3. The Balaban J connectivity index is 2.56. The van der Waals surface area contributed by atoms with Crippen molar-refractivity contribution in [2.75, 3.05) is 20.0 Å². The maximum Gasteiger partial charge on any atom is 0.195 e. The monoisotopic (exact) mass is 305 g/mol. The molecule has 2 aromatic rings. The fourth-order valence-corrected chi connectivity index (χ4v) is 2.31. The number of nitrogen functional groups attached to an aromatic ring is 1. The average molecular weight is 306 g/mol. The van der Waals surface area contributed by atoms with Crippen LogP contribution in [0.1, 0.15) is 21.5 Å². The summed E-state index contributed by atoms with van der Waals surface area (Å²) in [5.74, 6) is 0.863. The van der Waals surface area contributed by atoms with Crippen LogP contribution in [0.15, 0.2) is 30.3 Å². The largest absolute Gasteiger partial charge is 0.493 e. The number of nitrogens with two attached hydrogens (primary N) is 1. The van der Waals surface area contributed by atoms with E-state index in [-0.39, 0.29) is 10.8 Å². The molecule has 2 rings (SSSR count). The van der Waals surface area contributed by atoms with Gasteiger partial charge < -0.3 is 15.2 Å². The molecule has 0 aliphatic carbocycles. The summed E-state index contributed by atoms with van der Waals surface area (Å²) in [4.78, 5) is 12.7. The molecule has 0 bridgehead atoms. The Hall–Kier alpha value is -2.20. The van der Waals surface area contributed by atoms with E-state index in [4.69, 9.17) is 26.8 Å². The van der Waals surface area contributed by atoms with Gasteiger partial charge in [0.2, 0.25) is 0 Å². The first-order valence-corrected chi connectivity index (χ1v) is 6.68. The quantitative estimate of drug-likeness (QED) is 0.694. The lowest BCUT2D eigenvalue weighted by molar-refractivity contribution is 0.103. The number of anilines is 1. The van der Waals surface area contributed by atoms with Gasteiger partial charge in [0.15, 0.2) is 17.3 Å². The van der Waals surface area contributed by atoms with Crippen LogP contribution in [-0.4, -0.2) is 20.0 Å². The van der Waals surface area contributed by atoms with Gasteiger partial charge in [0, 0.05) is 11.1 Å². The standard InChI is InChI=1S/C16H16ClNO3/c1-9-7-13(20-2)14(21-3)8-11(9)16(19)10-5-4-6-12(18)15(10)17/h4-8H,18H2,1-3H3. The van der Waals surface area contributed by atoms with Crippen molar-refractivity contribution in [1.82, 2.24) is 0 Å². The summed E-state index contributed by atoms with van der Waals surface area (Å²) in [5.41, 5.74) is 7.76. The molecular formula is C16H16ClNO3. The molecule has 0 fully saturated rings. The van der Waals surface area contributed by atoms with Gasteiger partial charge in [0.1, 0.15) is 0 Å². The van der Waals surface area contributed by atoms with E-state index < -0.39 is 0 Å². The van der Waals surface area contributed by atoms with E-state index in [2.05, 4.69) is 0 Å². The summed E-state index contributed by atoms with van der Waals surface area (Å²) < 4.78 is 10.5. The lowest BCUT2D eigenvalue weighted by Gasteiger charge is -2.13. The van der Waals surface area contributed by atoms with Gasteiger partial charge in [-0.05, 0) is 36.8 Å². The van der Waals surface area contributed by atoms with Crippen molar-refractivity contribution in [2.45, 2.75) is 6.92 Å². The zero-order valence-corrected chi connectivity index (χ0v) is 12.8. The second-order valence-corrected chi connectivity index (χ2v) is 4.94. The third kappa shape index (κ3) is 2.81. The number of benzene rings is 2. The van der Waals surface area contributed by atoms with Crippen LogP contribution in [0.25, 0.3) is 0 Å². The van der Waals surface area contributed by atoms with Gasteiger partial charge >= 0.3 is 0 Å². The van der Waals surface area contributed by atoms with Gasteiger partial charge in [-0.15, -0.1) is 0 Å². The average Bonchev–Trinajstić information content (AvgIpc) is 2.49. The molecule has 0 atom stereocenters. The molecule has 0 saturated heterocycles. The number of carbonyl (C=O) groups is 1. The zero-order chi connectivity index (χ0) is 15.6. The molecule has 0 aliphatic heterocycles. The van der Waals surface area contributed by atoms with Crippen molar-refractivity contribution in [3.8, 4) is 11.5 Å². The SMILES string of the molecule is COc1cc(C)c(C(=O)c2cccc(N)c2Cl)cc1OC. The number of methoxy groups -OCH3 is 2.